The van der Waals surface area contributed by atoms with Crippen LogP contribution in [0.25, 0.3) is 0 Å². The predicted octanol–water partition coefficient (Wildman–Crippen LogP) is 5.99. The van der Waals surface area contributed by atoms with Crippen molar-refractivity contribution in [3.63, 3.8) is 0 Å². The molecule has 3 unspecified atom stereocenters. The van der Waals surface area contributed by atoms with Crippen LogP contribution in [0, 0.1) is 0 Å². The molecule has 32 heavy (non-hydrogen) atoms. The Morgan fingerprint density at radius 2 is 1.44 bits per heavy atom. The maximum atomic E-state index is 12.5. The zero-order chi connectivity index (χ0) is 23.3. The van der Waals surface area contributed by atoms with Gasteiger partial charge in [-0.1, -0.05) is 96.8 Å². The van der Waals surface area contributed by atoms with Crippen LogP contribution in [0.2, 0.25) is 0 Å². The lowest BCUT2D eigenvalue weighted by molar-refractivity contribution is -0.0591. The van der Waals surface area contributed by atoms with E-state index < -0.39 is 13.9 Å². The normalized spacial score (nSPS) is 20.6. The van der Waals surface area contributed by atoms with E-state index in [-0.39, 0.29) is 19.3 Å². The van der Waals surface area contributed by atoms with Gasteiger partial charge in [-0.3, -0.25) is 9.05 Å². The van der Waals surface area contributed by atoms with Crippen LogP contribution in [-0.4, -0.2) is 57.4 Å². The number of unbranched alkanes of at least 4 members (excludes halogenated alkanes) is 13. The van der Waals surface area contributed by atoms with E-state index in [1.807, 2.05) is 0 Å². The minimum absolute atomic E-state index is 0.119. The Morgan fingerprint density at radius 3 is 1.91 bits per heavy atom. The number of aliphatic hydroxyl groups excluding tert-OH is 1. The van der Waals surface area contributed by atoms with E-state index in [4.69, 9.17) is 18.5 Å². The zero-order valence-electron chi connectivity index (χ0n) is 20.7. The molecule has 1 heterocycles. The molecular weight excluding hydrogens is 429 g/mol. The molecule has 0 aromatic carbocycles. The molecule has 0 saturated carbocycles. The molecule has 2 N–H and O–H groups in total. The highest BCUT2D eigenvalue weighted by molar-refractivity contribution is 7.51. The summed E-state index contributed by atoms with van der Waals surface area (Å²) in [5, 5.41) is 12.2. The first-order valence-electron chi connectivity index (χ1n) is 13.0. The van der Waals surface area contributed by atoms with Gasteiger partial charge in [-0.2, -0.15) is 0 Å². The van der Waals surface area contributed by atoms with Gasteiger partial charge in [0, 0.05) is 13.7 Å². The van der Waals surface area contributed by atoms with Gasteiger partial charge in [0.1, 0.15) is 6.10 Å². The van der Waals surface area contributed by atoms with E-state index in [1.54, 1.807) is 7.11 Å². The average Bonchev–Trinajstić information content (AvgIpc) is 3.22. The van der Waals surface area contributed by atoms with Crippen molar-refractivity contribution in [3.05, 3.63) is 0 Å². The molecule has 7 nitrogen and oxygen atoms in total. The van der Waals surface area contributed by atoms with Crippen molar-refractivity contribution in [1.29, 1.82) is 0 Å². The fraction of sp³-hybridized carbons (Fsp3) is 1.00. The van der Waals surface area contributed by atoms with Gasteiger partial charge in [0.2, 0.25) is 0 Å². The Morgan fingerprint density at radius 1 is 0.875 bits per heavy atom. The number of methoxy groups -OCH3 is 1. The Bertz CT molecular complexity index is 458. The molecule has 1 aliphatic rings. The summed E-state index contributed by atoms with van der Waals surface area (Å²) >= 11 is 0. The molecule has 0 aromatic heterocycles. The fourth-order valence-electron chi connectivity index (χ4n) is 3.97. The smallest absolute Gasteiger partial charge is 0.394 e. The highest BCUT2D eigenvalue weighted by atomic mass is 31.2. The van der Waals surface area contributed by atoms with Gasteiger partial charge in [0.05, 0.1) is 32.5 Å². The van der Waals surface area contributed by atoms with E-state index in [0.29, 0.717) is 19.8 Å². The second-order valence-electron chi connectivity index (χ2n) is 8.94. The van der Waals surface area contributed by atoms with Crippen molar-refractivity contribution in [2.45, 2.75) is 115 Å². The lowest BCUT2D eigenvalue weighted by Crippen LogP contribution is -2.29. The van der Waals surface area contributed by atoms with Gasteiger partial charge in [-0.05, 0) is 6.42 Å². The number of nitrogens with one attached hydrogen (secondary N) is 1. The molecular formula is C24H50NO6P. The predicted molar refractivity (Wildman–Crippen MR) is 130 cm³/mol. The molecule has 1 aliphatic heterocycles. The highest BCUT2D eigenvalue weighted by Gasteiger charge is 2.33. The minimum atomic E-state index is -3.22. The Kier molecular flexibility index (Phi) is 19.1. The second kappa shape index (κ2) is 20.4. The number of aliphatic hydroxyl groups is 1. The van der Waals surface area contributed by atoms with E-state index in [1.165, 1.54) is 77.0 Å². The zero-order valence-corrected chi connectivity index (χ0v) is 21.6. The molecule has 0 amide bonds. The topological polar surface area (TPSA) is 86.3 Å². The summed E-state index contributed by atoms with van der Waals surface area (Å²) in [7, 11) is -1.65. The lowest BCUT2D eigenvalue weighted by atomic mass is 10.0. The van der Waals surface area contributed by atoms with E-state index in [2.05, 4.69) is 12.0 Å². The van der Waals surface area contributed by atoms with Crippen molar-refractivity contribution in [2.24, 2.45) is 0 Å². The summed E-state index contributed by atoms with van der Waals surface area (Å²) in [6.07, 6.45) is 18.4. The van der Waals surface area contributed by atoms with Crippen LogP contribution in [0.1, 0.15) is 103 Å². The lowest BCUT2D eigenvalue weighted by Gasteiger charge is -2.23. The van der Waals surface area contributed by atoms with Gasteiger partial charge in [0.25, 0.3) is 0 Å². The first-order valence-corrected chi connectivity index (χ1v) is 14.6. The summed E-state index contributed by atoms with van der Waals surface area (Å²) in [6.45, 7) is 3.66. The second-order valence-corrected chi connectivity index (χ2v) is 10.7. The maximum absolute atomic E-state index is 12.5. The number of hydrogen-bond acceptors (Lipinski definition) is 6. The van der Waals surface area contributed by atoms with Crippen LogP contribution in [0.15, 0.2) is 0 Å². The molecule has 3 atom stereocenters. The van der Waals surface area contributed by atoms with Gasteiger partial charge >= 0.3 is 7.75 Å². The summed E-state index contributed by atoms with van der Waals surface area (Å²) < 4.78 is 34.3. The summed E-state index contributed by atoms with van der Waals surface area (Å²) in [6, 6.07) is 0. The minimum Gasteiger partial charge on any atom is -0.394 e. The largest absolute Gasteiger partial charge is 0.405 e. The van der Waals surface area contributed by atoms with Crippen LogP contribution < -0.4 is 5.09 Å². The third kappa shape index (κ3) is 15.8. The molecule has 0 radical (unpaired) electrons. The molecule has 0 aromatic rings. The van der Waals surface area contributed by atoms with Crippen molar-refractivity contribution in [3.8, 4) is 0 Å². The standard InChI is InChI=1S/C24H50NO6P/c1-3-4-5-6-7-8-9-10-11-12-13-14-15-16-17-23(22-29-24(20-26)21-28-2)31-32(27)25-18-19-30-32/h23-24,26H,3-22H2,1-2H3,(H,25,27). The van der Waals surface area contributed by atoms with E-state index in [9.17, 15) is 9.67 Å². The molecule has 0 aliphatic carbocycles. The summed E-state index contributed by atoms with van der Waals surface area (Å²) in [4.78, 5) is 0. The average molecular weight is 480 g/mol. The monoisotopic (exact) mass is 479 g/mol. The van der Waals surface area contributed by atoms with Crippen LogP contribution in [0.4, 0.5) is 0 Å². The molecule has 0 bridgehead atoms. The van der Waals surface area contributed by atoms with Gasteiger partial charge < -0.3 is 14.6 Å². The van der Waals surface area contributed by atoms with Crippen LogP contribution in [0.3, 0.4) is 0 Å². The van der Waals surface area contributed by atoms with Gasteiger partial charge in [-0.15, -0.1) is 0 Å². The summed E-state index contributed by atoms with van der Waals surface area (Å²) in [5.41, 5.74) is 0. The molecule has 1 saturated heterocycles. The molecule has 192 valence electrons. The van der Waals surface area contributed by atoms with Crippen molar-refractivity contribution in [1.82, 2.24) is 5.09 Å². The first-order chi connectivity index (χ1) is 15.6. The molecule has 8 heteroatoms. The highest BCUT2D eigenvalue weighted by Crippen LogP contribution is 2.48. The Hall–Kier alpha value is -0.0100. The molecule has 1 fully saturated rings. The Labute approximate surface area is 196 Å². The first kappa shape index (κ1) is 30.0. The number of ether oxygens (including phenoxy) is 2. The summed E-state index contributed by atoms with van der Waals surface area (Å²) in [5.74, 6) is 0. The number of rotatable bonds is 23. The third-order valence-electron chi connectivity index (χ3n) is 5.91. The van der Waals surface area contributed by atoms with Crippen LogP contribution in [0.5, 0.6) is 0 Å². The van der Waals surface area contributed by atoms with E-state index in [0.717, 1.165) is 19.3 Å². The van der Waals surface area contributed by atoms with Crippen LogP contribution >= 0.6 is 7.75 Å². The third-order valence-corrected chi connectivity index (χ3v) is 7.62. The van der Waals surface area contributed by atoms with Crippen molar-refractivity contribution >= 4 is 7.75 Å². The Balaban J connectivity index is 2.10. The van der Waals surface area contributed by atoms with Crippen molar-refractivity contribution in [2.75, 3.05) is 40.1 Å². The van der Waals surface area contributed by atoms with Crippen LogP contribution in [-0.2, 0) is 23.1 Å². The SMILES string of the molecule is CCCCCCCCCCCCCCCCC(COC(CO)COC)OP1(=O)NCCO1. The van der Waals surface area contributed by atoms with Gasteiger partial charge in [0.15, 0.2) is 0 Å². The fourth-order valence-corrected chi connectivity index (χ4v) is 5.46. The van der Waals surface area contributed by atoms with Crippen molar-refractivity contribution < 1.29 is 28.2 Å². The molecule has 1 rings (SSSR count). The number of hydrogen-bond donors (Lipinski definition) is 2. The maximum Gasteiger partial charge on any atom is 0.405 e. The molecule has 0 spiro atoms. The van der Waals surface area contributed by atoms with E-state index >= 15 is 0 Å². The quantitative estimate of drug-likeness (QED) is 0.137. The van der Waals surface area contributed by atoms with Gasteiger partial charge in [-0.25, -0.2) is 9.65 Å².